The molecule has 0 aliphatic heterocycles. The van der Waals surface area contributed by atoms with Gasteiger partial charge in [-0.3, -0.25) is 4.98 Å². The molecule has 0 N–H and O–H groups in total. The standard InChI is InChI=1S/C21H19N3O4S.Na/c1-13-7-8-14-5-4-6-19(20(14)22-13)29(26,27)23-21(25)18-11-15-9-10-16(24(2)3)12-17(15)28-18;/h4-12H,1-3H3,(H,23,25);/q;+1/p-1. The quantitative estimate of drug-likeness (QED) is 0.452. The number of amides is 1. The van der Waals surface area contributed by atoms with E-state index in [0.717, 1.165) is 5.69 Å². The Morgan fingerprint density at radius 3 is 2.50 bits per heavy atom. The van der Waals surface area contributed by atoms with Gasteiger partial charge < -0.3 is 18.8 Å². The predicted octanol–water partition coefficient (Wildman–Crippen LogP) is 1.26. The molecule has 0 radical (unpaired) electrons. The van der Waals surface area contributed by atoms with E-state index in [9.17, 15) is 13.2 Å². The molecular formula is C21H18N3NaO4S. The number of aryl methyl sites for hydroxylation is 1. The number of anilines is 1. The Morgan fingerprint density at radius 1 is 1.03 bits per heavy atom. The molecular weight excluding hydrogens is 413 g/mol. The second-order valence-corrected chi connectivity index (χ2v) is 8.45. The van der Waals surface area contributed by atoms with Crippen molar-refractivity contribution in [2.75, 3.05) is 19.0 Å². The van der Waals surface area contributed by atoms with Crippen molar-refractivity contribution >= 4 is 43.5 Å². The van der Waals surface area contributed by atoms with E-state index in [0.29, 0.717) is 22.0 Å². The minimum atomic E-state index is -4.27. The summed E-state index contributed by atoms with van der Waals surface area (Å²) in [6, 6.07) is 15.3. The fraction of sp³-hybridized carbons (Fsp3) is 0.143. The number of aromatic nitrogens is 1. The Balaban J connectivity index is 0.00000256. The molecule has 0 spiro atoms. The van der Waals surface area contributed by atoms with Crippen LogP contribution < -0.4 is 34.5 Å². The largest absolute Gasteiger partial charge is 1.00 e. The van der Waals surface area contributed by atoms with Gasteiger partial charge in [0.1, 0.15) is 21.5 Å². The Labute approximate surface area is 196 Å². The van der Waals surface area contributed by atoms with E-state index >= 15 is 0 Å². The molecule has 9 heteroatoms. The molecule has 4 aromatic rings. The number of fused-ring (bicyclic) bond motifs is 2. The Morgan fingerprint density at radius 2 is 1.77 bits per heavy atom. The third kappa shape index (κ3) is 4.22. The Bertz CT molecular complexity index is 1360. The molecule has 2 aromatic carbocycles. The average molecular weight is 431 g/mol. The van der Waals surface area contributed by atoms with E-state index in [4.69, 9.17) is 4.42 Å². The fourth-order valence-corrected chi connectivity index (χ4v) is 4.10. The van der Waals surface area contributed by atoms with Crippen LogP contribution in [0.1, 0.15) is 16.2 Å². The number of benzene rings is 2. The first-order chi connectivity index (χ1) is 13.7. The molecule has 7 nitrogen and oxygen atoms in total. The topological polar surface area (TPSA) is 94.6 Å². The van der Waals surface area contributed by atoms with Crippen LogP contribution >= 0.6 is 0 Å². The summed E-state index contributed by atoms with van der Waals surface area (Å²) in [5.74, 6) is -1.10. The van der Waals surface area contributed by atoms with Crippen LogP contribution in [0.4, 0.5) is 5.69 Å². The van der Waals surface area contributed by atoms with Crippen molar-refractivity contribution in [2.24, 2.45) is 0 Å². The molecule has 30 heavy (non-hydrogen) atoms. The van der Waals surface area contributed by atoms with E-state index in [-0.39, 0.29) is 45.7 Å². The minimum Gasteiger partial charge on any atom is -0.535 e. The summed E-state index contributed by atoms with van der Waals surface area (Å²) in [6.45, 7) is 1.77. The number of pyridine rings is 1. The molecule has 0 aliphatic carbocycles. The molecule has 4 rings (SSSR count). The maximum absolute atomic E-state index is 12.8. The molecule has 0 saturated heterocycles. The maximum atomic E-state index is 12.8. The van der Waals surface area contributed by atoms with Crippen LogP contribution in [0.25, 0.3) is 26.6 Å². The van der Waals surface area contributed by atoms with Crippen LogP contribution in [-0.4, -0.2) is 33.4 Å². The number of hydrogen-bond donors (Lipinski definition) is 0. The predicted molar refractivity (Wildman–Crippen MR) is 112 cm³/mol. The smallest absolute Gasteiger partial charge is 0.535 e. The SMILES string of the molecule is Cc1ccc2cccc(S(=O)(=O)[N-]C(=O)c3cc4ccc(N(C)C)cc4o3)c2n1.[Na+]. The van der Waals surface area contributed by atoms with Gasteiger partial charge in [-0.15, -0.1) is 0 Å². The first kappa shape index (κ1) is 22.3. The molecule has 0 saturated carbocycles. The van der Waals surface area contributed by atoms with Crippen molar-refractivity contribution in [3.63, 3.8) is 0 Å². The van der Waals surface area contributed by atoms with Crippen LogP contribution in [0.2, 0.25) is 0 Å². The third-order valence-corrected chi connectivity index (χ3v) is 5.83. The number of carbonyl (C=O) groups excluding carboxylic acids is 1. The molecule has 0 atom stereocenters. The zero-order valence-electron chi connectivity index (χ0n) is 17.1. The monoisotopic (exact) mass is 431 g/mol. The molecule has 0 bridgehead atoms. The number of para-hydroxylation sites is 1. The van der Waals surface area contributed by atoms with Crippen molar-refractivity contribution in [2.45, 2.75) is 11.8 Å². The van der Waals surface area contributed by atoms with E-state index in [1.807, 2.05) is 25.1 Å². The summed E-state index contributed by atoms with van der Waals surface area (Å²) in [5.41, 5.74) is 2.33. The van der Waals surface area contributed by atoms with Crippen LogP contribution in [0, 0.1) is 6.92 Å². The number of rotatable bonds is 4. The van der Waals surface area contributed by atoms with Gasteiger partial charge in [0.05, 0.1) is 10.4 Å². The third-order valence-electron chi connectivity index (χ3n) is 4.53. The molecule has 2 aromatic heterocycles. The number of hydrogen-bond acceptors (Lipinski definition) is 6. The van der Waals surface area contributed by atoms with E-state index in [2.05, 4.69) is 9.71 Å². The zero-order chi connectivity index (χ0) is 20.8. The van der Waals surface area contributed by atoms with E-state index in [1.165, 1.54) is 12.1 Å². The molecule has 2 heterocycles. The normalized spacial score (nSPS) is 11.3. The molecule has 0 unspecified atom stereocenters. The Hall–Kier alpha value is -2.39. The van der Waals surface area contributed by atoms with Crippen LogP contribution in [0.15, 0.2) is 63.9 Å². The molecule has 0 fully saturated rings. The first-order valence-corrected chi connectivity index (χ1v) is 10.3. The minimum absolute atomic E-state index is 0. The fourth-order valence-electron chi connectivity index (χ4n) is 3.03. The van der Waals surface area contributed by atoms with Gasteiger partial charge >= 0.3 is 29.6 Å². The molecule has 148 valence electrons. The summed E-state index contributed by atoms with van der Waals surface area (Å²) < 4.78 is 34.7. The van der Waals surface area contributed by atoms with Crippen molar-refractivity contribution in [1.29, 1.82) is 0 Å². The van der Waals surface area contributed by atoms with Crippen molar-refractivity contribution < 1.29 is 47.2 Å². The number of furan rings is 1. The number of nitrogens with zero attached hydrogens (tertiary/aromatic N) is 3. The van der Waals surface area contributed by atoms with Gasteiger partial charge in [0.25, 0.3) is 0 Å². The van der Waals surface area contributed by atoms with Crippen LogP contribution in [0.3, 0.4) is 0 Å². The van der Waals surface area contributed by atoms with Crippen molar-refractivity contribution in [3.05, 3.63) is 70.8 Å². The van der Waals surface area contributed by atoms with Crippen LogP contribution in [-0.2, 0) is 10.0 Å². The number of sulfonamides is 1. The van der Waals surface area contributed by atoms with Gasteiger partial charge in [0, 0.05) is 42.3 Å². The summed E-state index contributed by atoms with van der Waals surface area (Å²) in [5, 5.41) is 1.34. The second kappa shape index (κ2) is 8.39. The van der Waals surface area contributed by atoms with Gasteiger partial charge in [-0.1, -0.05) is 18.2 Å². The average Bonchev–Trinajstić information content (AvgIpc) is 3.10. The van der Waals surface area contributed by atoms with Gasteiger partial charge in [0.2, 0.25) is 0 Å². The van der Waals surface area contributed by atoms with Gasteiger partial charge in [-0.2, -0.15) is 0 Å². The number of carbonyl (C=O) groups is 1. The zero-order valence-corrected chi connectivity index (χ0v) is 19.9. The second-order valence-electron chi connectivity index (χ2n) is 6.88. The maximum Gasteiger partial charge on any atom is 1.00 e. The van der Waals surface area contributed by atoms with Crippen LogP contribution in [0.5, 0.6) is 0 Å². The van der Waals surface area contributed by atoms with Crippen molar-refractivity contribution in [1.82, 2.24) is 4.98 Å². The van der Waals surface area contributed by atoms with Crippen molar-refractivity contribution in [3.8, 4) is 0 Å². The van der Waals surface area contributed by atoms with Gasteiger partial charge in [-0.25, -0.2) is 8.42 Å². The summed E-state index contributed by atoms with van der Waals surface area (Å²) in [4.78, 5) is 18.6. The van der Waals surface area contributed by atoms with Gasteiger partial charge in [-0.05, 0) is 37.3 Å². The summed E-state index contributed by atoms with van der Waals surface area (Å²) in [7, 11) is -0.492. The van der Waals surface area contributed by atoms with Gasteiger partial charge in [0.15, 0.2) is 5.76 Å². The summed E-state index contributed by atoms with van der Waals surface area (Å²) in [6.07, 6.45) is 0. The molecule has 1 amide bonds. The van der Waals surface area contributed by atoms with E-state index < -0.39 is 15.9 Å². The summed E-state index contributed by atoms with van der Waals surface area (Å²) >= 11 is 0. The Kier molecular flexibility index (Phi) is 6.24. The van der Waals surface area contributed by atoms with E-state index in [1.54, 1.807) is 43.3 Å². The first-order valence-electron chi connectivity index (χ1n) is 8.84. The molecule has 0 aliphatic rings.